The van der Waals surface area contributed by atoms with Crippen molar-refractivity contribution >= 4 is 17.0 Å². The van der Waals surface area contributed by atoms with Crippen molar-refractivity contribution in [3.8, 4) is 0 Å². The quantitative estimate of drug-likeness (QED) is 0.695. The molecule has 0 spiro atoms. The summed E-state index contributed by atoms with van der Waals surface area (Å²) >= 11 is 0. The zero-order valence-corrected chi connectivity index (χ0v) is 9.83. The largest absolute Gasteiger partial charge is 0.297 e. The minimum Gasteiger partial charge on any atom is -0.297 e. The normalized spacial score (nSPS) is 19.1. The third-order valence-electron chi connectivity index (χ3n) is 2.24. The Hall–Kier alpha value is -0.120. The lowest BCUT2D eigenvalue weighted by Gasteiger charge is -2.33. The molecule has 0 aromatic rings. The molecule has 0 bridgehead atoms. The van der Waals surface area contributed by atoms with Gasteiger partial charge in [0.25, 0.3) is 0 Å². The van der Waals surface area contributed by atoms with E-state index in [1.165, 1.54) is 26.2 Å². The fourth-order valence-corrected chi connectivity index (χ4v) is 1.52. The highest BCUT2D eigenvalue weighted by Crippen LogP contribution is 2.00. The monoisotopic (exact) mass is 246 g/mol. The summed E-state index contributed by atoms with van der Waals surface area (Å²) in [5, 5.41) is 0. The summed E-state index contributed by atoms with van der Waals surface area (Å²) < 4.78 is 0. The topological polar surface area (TPSA) is 6.48 Å². The van der Waals surface area contributed by atoms with Crippen molar-refractivity contribution in [3.05, 3.63) is 25.3 Å². The first-order chi connectivity index (χ1) is 5.86. The Kier molecular flexibility index (Phi) is 7.23. The second-order valence-electron chi connectivity index (χ2n) is 3.18. The van der Waals surface area contributed by atoms with E-state index in [9.17, 15) is 0 Å². The summed E-state index contributed by atoms with van der Waals surface area (Å²) in [4.78, 5) is 4.85. The Bertz CT molecular complexity index is 133. The molecule has 3 heteroatoms. The lowest BCUT2D eigenvalue weighted by atomic mass is 10.3. The molecule has 1 aliphatic rings. The van der Waals surface area contributed by atoms with Crippen LogP contribution in [0.1, 0.15) is 0 Å². The molecule has 0 N–H and O–H groups in total. The number of nitrogens with zero attached hydrogens (tertiary/aromatic N) is 2. The van der Waals surface area contributed by atoms with Gasteiger partial charge in [-0.05, 0) is 0 Å². The summed E-state index contributed by atoms with van der Waals surface area (Å²) in [6.45, 7) is 14.2. The maximum Gasteiger partial charge on any atom is 0.0161 e. The molecule has 1 aliphatic heterocycles. The van der Waals surface area contributed by atoms with Crippen LogP contribution in [0.4, 0.5) is 0 Å². The Labute approximate surface area is 91.7 Å². The van der Waals surface area contributed by atoms with E-state index in [0.29, 0.717) is 0 Å². The lowest BCUT2D eigenvalue weighted by molar-refractivity contribution is 0.154. The van der Waals surface area contributed by atoms with Gasteiger partial charge >= 0.3 is 0 Å². The minimum absolute atomic E-state index is 0. The Morgan fingerprint density at radius 2 is 1.15 bits per heavy atom. The molecule has 0 radical (unpaired) electrons. The van der Waals surface area contributed by atoms with Crippen LogP contribution in [0, 0.1) is 0 Å². The Morgan fingerprint density at radius 1 is 0.846 bits per heavy atom. The van der Waals surface area contributed by atoms with Crippen LogP contribution in [0.2, 0.25) is 0 Å². The molecule has 1 rings (SSSR count). The van der Waals surface area contributed by atoms with Crippen molar-refractivity contribution in [2.24, 2.45) is 0 Å². The van der Waals surface area contributed by atoms with Crippen LogP contribution in [-0.2, 0) is 0 Å². The van der Waals surface area contributed by atoms with E-state index in [1.54, 1.807) is 0 Å². The fourth-order valence-electron chi connectivity index (χ4n) is 1.52. The molecule has 0 aromatic heterocycles. The summed E-state index contributed by atoms with van der Waals surface area (Å²) in [6, 6.07) is 0. The molecule has 0 amide bonds. The van der Waals surface area contributed by atoms with Gasteiger partial charge in [-0.1, -0.05) is 12.2 Å². The first-order valence-electron chi connectivity index (χ1n) is 4.53. The molecule has 0 saturated carbocycles. The van der Waals surface area contributed by atoms with Crippen molar-refractivity contribution < 1.29 is 0 Å². The van der Waals surface area contributed by atoms with E-state index in [1.807, 2.05) is 12.2 Å². The van der Waals surface area contributed by atoms with Crippen molar-refractivity contribution in [1.29, 1.82) is 0 Å². The van der Waals surface area contributed by atoms with E-state index < -0.39 is 0 Å². The van der Waals surface area contributed by atoms with Gasteiger partial charge in [0.2, 0.25) is 0 Å². The van der Waals surface area contributed by atoms with Gasteiger partial charge in [-0.2, -0.15) is 0 Å². The first-order valence-corrected chi connectivity index (χ1v) is 4.53. The number of rotatable bonds is 4. The average Bonchev–Trinajstić information content (AvgIpc) is 2.09. The van der Waals surface area contributed by atoms with Crippen molar-refractivity contribution in [2.75, 3.05) is 39.3 Å². The third kappa shape index (κ3) is 4.60. The molecule has 13 heavy (non-hydrogen) atoms. The van der Waals surface area contributed by atoms with Gasteiger partial charge < -0.3 is 0 Å². The van der Waals surface area contributed by atoms with E-state index in [0.717, 1.165) is 13.1 Å². The number of halogens is 1. The zero-order valence-electron chi connectivity index (χ0n) is 8.11. The number of hydrogen-bond donors (Lipinski definition) is 0. The van der Waals surface area contributed by atoms with Gasteiger partial charge in [0.15, 0.2) is 0 Å². The third-order valence-corrected chi connectivity index (χ3v) is 2.24. The molecule has 1 fully saturated rings. The summed E-state index contributed by atoms with van der Waals surface area (Å²) in [5.41, 5.74) is 0. The molecule has 0 aromatic carbocycles. The van der Waals surface area contributed by atoms with Crippen molar-refractivity contribution in [1.82, 2.24) is 9.80 Å². The summed E-state index contributed by atoms with van der Waals surface area (Å²) in [6.07, 6.45) is 3.95. The summed E-state index contributed by atoms with van der Waals surface area (Å²) in [5.74, 6) is 0. The lowest BCUT2D eigenvalue weighted by Crippen LogP contribution is -2.46. The predicted molar refractivity (Wildman–Crippen MR) is 63.6 cm³/mol. The second-order valence-corrected chi connectivity index (χ2v) is 3.18. The van der Waals surface area contributed by atoms with Crippen LogP contribution < -0.4 is 0 Å². The van der Waals surface area contributed by atoms with Gasteiger partial charge in [0.05, 0.1) is 0 Å². The molecule has 2 nitrogen and oxygen atoms in total. The Balaban J connectivity index is 0.00000144. The molecule has 0 aliphatic carbocycles. The Morgan fingerprint density at radius 3 is 1.38 bits per heavy atom. The van der Waals surface area contributed by atoms with Crippen LogP contribution in [0.25, 0.3) is 0 Å². The maximum atomic E-state index is 3.74. The number of piperazine rings is 1. The van der Waals surface area contributed by atoms with E-state index in [-0.39, 0.29) is 17.0 Å². The van der Waals surface area contributed by atoms with Crippen molar-refractivity contribution in [3.63, 3.8) is 0 Å². The molecule has 1 heterocycles. The van der Waals surface area contributed by atoms with Crippen LogP contribution in [-0.4, -0.2) is 49.1 Å². The maximum absolute atomic E-state index is 3.74. The average molecular weight is 247 g/mol. The predicted octanol–water partition coefficient (Wildman–Crippen LogP) is 1.55. The number of hydrogen-bond acceptors (Lipinski definition) is 2. The van der Waals surface area contributed by atoms with E-state index in [4.69, 9.17) is 0 Å². The standard InChI is InChI=1S/C10H18N2.BrH/c1-3-5-11-7-9-12(6-4-2)10-8-11;/h3-4H,1-2,5-10H2;1H. The summed E-state index contributed by atoms with van der Waals surface area (Å²) in [7, 11) is 0. The van der Waals surface area contributed by atoms with E-state index in [2.05, 4.69) is 23.0 Å². The highest BCUT2D eigenvalue weighted by Gasteiger charge is 2.13. The van der Waals surface area contributed by atoms with Crippen LogP contribution in [0.15, 0.2) is 25.3 Å². The minimum atomic E-state index is 0. The van der Waals surface area contributed by atoms with Crippen LogP contribution >= 0.6 is 17.0 Å². The van der Waals surface area contributed by atoms with Gasteiger partial charge in [0.1, 0.15) is 0 Å². The van der Waals surface area contributed by atoms with Crippen LogP contribution in [0.3, 0.4) is 0 Å². The fraction of sp³-hybridized carbons (Fsp3) is 0.600. The molecule has 0 unspecified atom stereocenters. The first kappa shape index (κ1) is 12.9. The highest BCUT2D eigenvalue weighted by molar-refractivity contribution is 8.93. The SMILES string of the molecule is Br.C=CCN1CCN(CC=C)CC1. The smallest absolute Gasteiger partial charge is 0.0161 e. The molecular weight excluding hydrogens is 228 g/mol. The van der Waals surface area contributed by atoms with Gasteiger partial charge in [-0.3, -0.25) is 9.80 Å². The van der Waals surface area contributed by atoms with Gasteiger partial charge in [0, 0.05) is 39.3 Å². The second kappa shape index (κ2) is 7.30. The van der Waals surface area contributed by atoms with Crippen molar-refractivity contribution in [2.45, 2.75) is 0 Å². The zero-order chi connectivity index (χ0) is 8.81. The molecule has 76 valence electrons. The molecule has 1 saturated heterocycles. The van der Waals surface area contributed by atoms with E-state index >= 15 is 0 Å². The van der Waals surface area contributed by atoms with Crippen LogP contribution in [0.5, 0.6) is 0 Å². The molecule has 0 atom stereocenters. The highest BCUT2D eigenvalue weighted by atomic mass is 79.9. The van der Waals surface area contributed by atoms with Gasteiger partial charge in [-0.25, -0.2) is 0 Å². The molecular formula is C10H19BrN2. The van der Waals surface area contributed by atoms with Gasteiger partial charge in [-0.15, -0.1) is 30.1 Å².